The molecule has 27 heavy (non-hydrogen) atoms. The van der Waals surface area contributed by atoms with Crippen molar-refractivity contribution in [1.82, 2.24) is 10.2 Å². The van der Waals surface area contributed by atoms with E-state index >= 15 is 0 Å². The van der Waals surface area contributed by atoms with Gasteiger partial charge in [-0.2, -0.15) is 0 Å². The highest BCUT2D eigenvalue weighted by Crippen LogP contribution is 2.36. The molecule has 5 nitrogen and oxygen atoms in total. The molecule has 0 atom stereocenters. The molecule has 0 saturated carbocycles. The number of halogens is 1. The van der Waals surface area contributed by atoms with Crippen LogP contribution in [-0.2, 0) is 6.42 Å². The Morgan fingerprint density at radius 3 is 2.63 bits per heavy atom. The van der Waals surface area contributed by atoms with Gasteiger partial charge in [0.2, 0.25) is 11.8 Å². The number of hydrogen-bond acceptors (Lipinski definition) is 5. The third kappa shape index (κ3) is 3.72. The van der Waals surface area contributed by atoms with Crippen molar-refractivity contribution in [2.75, 3.05) is 5.32 Å². The van der Waals surface area contributed by atoms with Gasteiger partial charge in [-0.3, -0.25) is 4.79 Å². The predicted octanol–water partition coefficient (Wildman–Crippen LogP) is 5.40. The minimum Gasteiger partial charge on any atom is -0.425 e. The number of hydrogen-bond donors (Lipinski definition) is 1. The summed E-state index contributed by atoms with van der Waals surface area (Å²) >= 11 is 7.82. The molecule has 0 aliphatic carbocycles. The Labute approximate surface area is 165 Å². The maximum Gasteiger partial charge on any atom is 0.267 e. The number of amides is 1. The fourth-order valence-electron chi connectivity index (χ4n) is 2.80. The van der Waals surface area contributed by atoms with Gasteiger partial charge in [-0.05, 0) is 36.2 Å². The molecule has 0 saturated heterocycles. The molecule has 0 spiro atoms. The number of nitrogens with zero attached hydrogens (tertiary/aromatic N) is 2. The summed E-state index contributed by atoms with van der Waals surface area (Å²) in [5.41, 5.74) is 2.86. The number of benzene rings is 2. The molecular formula is C20H16ClN3O2S. The average Bonchev–Trinajstić information content (AvgIpc) is 3.19. The third-order valence-electron chi connectivity index (χ3n) is 4.13. The minimum atomic E-state index is -0.209. The molecule has 1 N–H and O–H groups in total. The summed E-state index contributed by atoms with van der Waals surface area (Å²) in [6.07, 6.45) is 0.552. The van der Waals surface area contributed by atoms with Crippen LogP contribution in [0.5, 0.6) is 0 Å². The van der Waals surface area contributed by atoms with Crippen molar-refractivity contribution >= 4 is 44.6 Å². The van der Waals surface area contributed by atoms with Gasteiger partial charge in [0.15, 0.2) is 0 Å². The van der Waals surface area contributed by atoms with Crippen molar-refractivity contribution in [3.63, 3.8) is 0 Å². The maximum atomic E-state index is 12.6. The van der Waals surface area contributed by atoms with E-state index in [0.29, 0.717) is 33.8 Å². The molecule has 0 unspecified atom stereocenters. The topological polar surface area (TPSA) is 68.0 Å². The van der Waals surface area contributed by atoms with Crippen LogP contribution in [0.1, 0.15) is 32.6 Å². The summed E-state index contributed by atoms with van der Waals surface area (Å²) in [7, 11) is 0. The van der Waals surface area contributed by atoms with Gasteiger partial charge in [-0.25, -0.2) is 0 Å². The van der Waals surface area contributed by atoms with Crippen molar-refractivity contribution in [2.24, 2.45) is 0 Å². The highest BCUT2D eigenvalue weighted by Gasteiger charge is 2.17. The Morgan fingerprint density at radius 2 is 1.93 bits per heavy atom. The van der Waals surface area contributed by atoms with E-state index in [1.807, 2.05) is 49.4 Å². The largest absolute Gasteiger partial charge is 0.425 e. The highest BCUT2D eigenvalue weighted by molar-refractivity contribution is 7.21. The number of fused-ring (bicyclic) bond motifs is 1. The predicted molar refractivity (Wildman–Crippen MR) is 108 cm³/mol. The Balaban J connectivity index is 1.50. The summed E-state index contributed by atoms with van der Waals surface area (Å²) in [4.78, 5) is 13.2. The zero-order chi connectivity index (χ0) is 19.0. The van der Waals surface area contributed by atoms with Crippen LogP contribution in [0.25, 0.3) is 10.1 Å². The van der Waals surface area contributed by atoms with Crippen LogP contribution >= 0.6 is 22.9 Å². The number of carbonyl (C=O) groups is 1. The van der Waals surface area contributed by atoms with Gasteiger partial charge in [0.05, 0.1) is 11.4 Å². The minimum absolute atomic E-state index is 0.209. The molecule has 0 aliphatic rings. The summed E-state index contributed by atoms with van der Waals surface area (Å²) < 4.78 is 6.39. The van der Waals surface area contributed by atoms with Gasteiger partial charge in [-0.15, -0.1) is 21.5 Å². The van der Waals surface area contributed by atoms with Crippen LogP contribution in [0.2, 0.25) is 5.02 Å². The molecule has 2 heterocycles. The van der Waals surface area contributed by atoms with Crippen LogP contribution in [-0.4, -0.2) is 16.1 Å². The van der Waals surface area contributed by atoms with Crippen molar-refractivity contribution in [3.8, 4) is 0 Å². The molecule has 2 aromatic heterocycles. The molecule has 7 heteroatoms. The first-order valence-corrected chi connectivity index (χ1v) is 9.57. The molecule has 4 rings (SSSR count). The number of carbonyl (C=O) groups excluding carboxylic acids is 1. The quantitative estimate of drug-likeness (QED) is 0.500. The summed E-state index contributed by atoms with van der Waals surface area (Å²) in [5.74, 6) is 0.903. The van der Waals surface area contributed by atoms with E-state index < -0.39 is 0 Å². The zero-order valence-electron chi connectivity index (χ0n) is 14.7. The monoisotopic (exact) mass is 397 g/mol. The number of rotatable bonds is 4. The van der Waals surface area contributed by atoms with E-state index in [4.69, 9.17) is 16.0 Å². The Bertz CT molecular complexity index is 1130. The second-order valence-electron chi connectivity index (χ2n) is 6.29. The second kappa shape index (κ2) is 7.13. The number of nitrogens with one attached hydrogen (secondary N) is 1. The molecule has 0 radical (unpaired) electrons. The molecule has 136 valence electrons. The van der Waals surface area contributed by atoms with Gasteiger partial charge in [0.1, 0.15) is 4.88 Å². The fraction of sp³-hybridized carbons (Fsp3) is 0.150. The van der Waals surface area contributed by atoms with Crippen molar-refractivity contribution in [3.05, 3.63) is 75.3 Å². The zero-order valence-corrected chi connectivity index (χ0v) is 16.3. The lowest BCUT2D eigenvalue weighted by molar-refractivity contribution is 0.103. The maximum absolute atomic E-state index is 12.6. The molecule has 2 aromatic carbocycles. The first kappa shape index (κ1) is 17.7. The fourth-order valence-corrected chi connectivity index (χ4v) is 4.31. The lowest BCUT2D eigenvalue weighted by Gasteiger charge is -2.05. The second-order valence-corrected chi connectivity index (χ2v) is 7.72. The van der Waals surface area contributed by atoms with E-state index in [1.165, 1.54) is 11.3 Å². The van der Waals surface area contributed by atoms with E-state index in [-0.39, 0.29) is 5.91 Å². The summed E-state index contributed by atoms with van der Waals surface area (Å²) in [6, 6.07) is 13.5. The van der Waals surface area contributed by atoms with Gasteiger partial charge >= 0.3 is 0 Å². The normalized spacial score (nSPS) is 11.1. The molecule has 0 fully saturated rings. The van der Waals surface area contributed by atoms with Gasteiger partial charge in [-0.1, -0.05) is 35.9 Å². The molecule has 4 aromatic rings. The van der Waals surface area contributed by atoms with Gasteiger partial charge < -0.3 is 9.73 Å². The van der Waals surface area contributed by atoms with E-state index in [9.17, 15) is 4.79 Å². The molecular weight excluding hydrogens is 382 g/mol. The van der Waals surface area contributed by atoms with E-state index in [2.05, 4.69) is 15.5 Å². The van der Waals surface area contributed by atoms with Gasteiger partial charge in [0, 0.05) is 22.7 Å². The Kier molecular flexibility index (Phi) is 4.68. The first-order chi connectivity index (χ1) is 13.0. The van der Waals surface area contributed by atoms with Crippen LogP contribution in [0, 0.1) is 13.8 Å². The first-order valence-electron chi connectivity index (χ1n) is 8.37. The average molecular weight is 398 g/mol. The molecule has 1 amide bonds. The van der Waals surface area contributed by atoms with Crippen molar-refractivity contribution in [2.45, 2.75) is 20.3 Å². The van der Waals surface area contributed by atoms with E-state index in [0.717, 1.165) is 21.2 Å². The standard InChI is InChI=1S/C20H16ClN3O2S/c1-11-3-8-15-16(9-11)27-19(18(15)21)20(25)22-14-6-4-13(5-7-14)10-17-24-23-12(2)26-17/h3-9H,10H2,1-2H3,(H,22,25). The van der Waals surface area contributed by atoms with Crippen LogP contribution in [0.4, 0.5) is 5.69 Å². The summed E-state index contributed by atoms with van der Waals surface area (Å²) in [5, 5.41) is 12.1. The van der Waals surface area contributed by atoms with E-state index in [1.54, 1.807) is 6.92 Å². The SMILES string of the molecule is Cc1ccc2c(Cl)c(C(=O)Nc3ccc(Cc4nnc(C)o4)cc3)sc2c1. The van der Waals surface area contributed by atoms with Gasteiger partial charge in [0.25, 0.3) is 5.91 Å². The smallest absolute Gasteiger partial charge is 0.267 e. The lowest BCUT2D eigenvalue weighted by atomic mass is 10.1. The van der Waals surface area contributed by atoms with Crippen LogP contribution < -0.4 is 5.32 Å². The number of anilines is 1. The lowest BCUT2D eigenvalue weighted by Crippen LogP contribution is -2.10. The van der Waals surface area contributed by atoms with Crippen molar-refractivity contribution < 1.29 is 9.21 Å². The van der Waals surface area contributed by atoms with Crippen LogP contribution in [0.15, 0.2) is 46.9 Å². The molecule has 0 aliphatic heterocycles. The highest BCUT2D eigenvalue weighted by atomic mass is 35.5. The number of thiophene rings is 1. The number of aryl methyl sites for hydroxylation is 2. The van der Waals surface area contributed by atoms with Crippen LogP contribution in [0.3, 0.4) is 0 Å². The Morgan fingerprint density at radius 1 is 1.15 bits per heavy atom. The third-order valence-corrected chi connectivity index (χ3v) is 5.78. The summed E-state index contributed by atoms with van der Waals surface area (Å²) in [6.45, 7) is 3.78. The van der Waals surface area contributed by atoms with Crippen molar-refractivity contribution in [1.29, 1.82) is 0 Å². The number of aromatic nitrogens is 2. The molecule has 0 bridgehead atoms. The Hall–Kier alpha value is -2.70.